The third-order valence-electron chi connectivity index (χ3n) is 2.91. The van der Waals surface area contributed by atoms with Gasteiger partial charge < -0.3 is 14.7 Å². The van der Waals surface area contributed by atoms with E-state index in [1.807, 2.05) is 0 Å². The zero-order valence-corrected chi connectivity index (χ0v) is 10.00. The van der Waals surface area contributed by atoms with Gasteiger partial charge in [-0.1, -0.05) is 6.07 Å². The van der Waals surface area contributed by atoms with Crippen molar-refractivity contribution in [3.8, 4) is 5.88 Å². The molecule has 1 amide bonds. The molecule has 1 unspecified atom stereocenters. The van der Waals surface area contributed by atoms with E-state index in [1.54, 1.807) is 18.2 Å². The maximum Gasteiger partial charge on any atom is 0.308 e. The van der Waals surface area contributed by atoms with Crippen molar-refractivity contribution in [1.82, 2.24) is 9.88 Å². The van der Waals surface area contributed by atoms with Crippen molar-refractivity contribution >= 4 is 11.9 Å². The normalized spacial score (nSPS) is 19.1. The van der Waals surface area contributed by atoms with E-state index in [9.17, 15) is 9.59 Å². The van der Waals surface area contributed by atoms with Gasteiger partial charge in [-0.3, -0.25) is 9.59 Å². The van der Waals surface area contributed by atoms with Crippen LogP contribution in [-0.2, 0) is 16.1 Å². The molecule has 0 spiro atoms. The molecule has 0 aromatic carbocycles. The van der Waals surface area contributed by atoms with Crippen LogP contribution >= 0.6 is 0 Å². The summed E-state index contributed by atoms with van der Waals surface area (Å²) in [5.41, 5.74) is 0.689. The second-order valence-electron chi connectivity index (χ2n) is 4.18. The molecule has 1 aliphatic rings. The number of aromatic nitrogens is 1. The number of likely N-dealkylation sites (tertiary alicyclic amines) is 1. The van der Waals surface area contributed by atoms with Crippen LogP contribution in [0, 0.1) is 5.92 Å². The maximum atomic E-state index is 11.7. The highest BCUT2D eigenvalue weighted by Gasteiger charge is 2.34. The number of amides is 1. The van der Waals surface area contributed by atoms with Gasteiger partial charge in [0.1, 0.15) is 0 Å². The molecule has 18 heavy (non-hydrogen) atoms. The van der Waals surface area contributed by atoms with Gasteiger partial charge >= 0.3 is 5.97 Å². The summed E-state index contributed by atoms with van der Waals surface area (Å²) in [6.45, 7) is 0.562. The fourth-order valence-electron chi connectivity index (χ4n) is 1.95. The molecule has 1 fully saturated rings. The molecule has 0 aliphatic carbocycles. The molecular weight excluding hydrogens is 236 g/mol. The predicted octanol–water partition coefficient (Wildman–Crippen LogP) is 0.523. The quantitative estimate of drug-likeness (QED) is 0.842. The fraction of sp³-hybridized carbons (Fsp3) is 0.417. The first-order valence-corrected chi connectivity index (χ1v) is 5.60. The van der Waals surface area contributed by atoms with Crippen LogP contribution < -0.4 is 4.74 Å². The molecule has 96 valence electrons. The lowest BCUT2D eigenvalue weighted by Crippen LogP contribution is -2.26. The summed E-state index contributed by atoms with van der Waals surface area (Å²) in [4.78, 5) is 28.2. The lowest BCUT2D eigenvalue weighted by Gasteiger charge is -2.15. The first-order chi connectivity index (χ1) is 8.60. The average molecular weight is 250 g/mol. The average Bonchev–Trinajstić information content (AvgIpc) is 2.71. The van der Waals surface area contributed by atoms with Crippen molar-refractivity contribution in [3.63, 3.8) is 0 Å². The minimum Gasteiger partial charge on any atom is -0.481 e. The fourth-order valence-corrected chi connectivity index (χ4v) is 1.95. The predicted molar refractivity (Wildman–Crippen MR) is 61.9 cm³/mol. The van der Waals surface area contributed by atoms with E-state index in [0.717, 1.165) is 0 Å². The molecule has 2 heterocycles. The van der Waals surface area contributed by atoms with Gasteiger partial charge in [0.2, 0.25) is 11.8 Å². The number of ether oxygens (including phenoxy) is 1. The Labute approximate surface area is 104 Å². The Morgan fingerprint density at radius 3 is 3.00 bits per heavy atom. The highest BCUT2D eigenvalue weighted by atomic mass is 16.5. The molecule has 0 saturated carbocycles. The van der Waals surface area contributed by atoms with Crippen LogP contribution in [0.4, 0.5) is 0 Å². The number of methoxy groups -OCH3 is 1. The van der Waals surface area contributed by atoms with E-state index in [-0.39, 0.29) is 18.9 Å². The minimum absolute atomic E-state index is 0.0688. The van der Waals surface area contributed by atoms with Crippen LogP contribution in [0.2, 0.25) is 0 Å². The Hall–Kier alpha value is -2.11. The summed E-state index contributed by atoms with van der Waals surface area (Å²) < 4.78 is 5.00. The van der Waals surface area contributed by atoms with Crippen molar-refractivity contribution in [3.05, 3.63) is 23.9 Å². The number of aliphatic carboxylic acids is 1. The molecule has 1 aromatic heterocycles. The van der Waals surface area contributed by atoms with E-state index in [2.05, 4.69) is 4.98 Å². The van der Waals surface area contributed by atoms with Crippen molar-refractivity contribution in [1.29, 1.82) is 0 Å². The second kappa shape index (κ2) is 5.03. The van der Waals surface area contributed by atoms with E-state index < -0.39 is 11.9 Å². The Morgan fingerprint density at radius 1 is 1.61 bits per heavy atom. The number of carbonyl (C=O) groups is 2. The number of pyridine rings is 1. The number of carbonyl (C=O) groups excluding carboxylic acids is 1. The van der Waals surface area contributed by atoms with Gasteiger partial charge in [-0.2, -0.15) is 0 Å². The molecule has 1 atom stereocenters. The zero-order valence-electron chi connectivity index (χ0n) is 10.00. The van der Waals surface area contributed by atoms with Crippen molar-refractivity contribution < 1.29 is 19.4 Å². The number of nitrogens with zero attached hydrogens (tertiary/aromatic N) is 2. The van der Waals surface area contributed by atoms with E-state index >= 15 is 0 Å². The van der Waals surface area contributed by atoms with Crippen LogP contribution in [0.3, 0.4) is 0 Å². The number of carboxylic acids is 1. The van der Waals surface area contributed by atoms with Gasteiger partial charge in [0.05, 0.1) is 25.3 Å². The third-order valence-corrected chi connectivity index (χ3v) is 2.91. The van der Waals surface area contributed by atoms with Crippen LogP contribution in [0.25, 0.3) is 0 Å². The Morgan fingerprint density at radius 2 is 2.39 bits per heavy atom. The van der Waals surface area contributed by atoms with Gasteiger partial charge in [0.15, 0.2) is 0 Å². The largest absolute Gasteiger partial charge is 0.481 e. The Kier molecular flexibility index (Phi) is 3.45. The standard InChI is InChI=1S/C12H14N2O4/c1-18-10-4-2-3-9(13-10)7-14-6-8(12(16)17)5-11(14)15/h2-4,8H,5-7H2,1H3,(H,16,17). The first kappa shape index (κ1) is 12.3. The minimum atomic E-state index is -0.926. The molecular formula is C12H14N2O4. The highest BCUT2D eigenvalue weighted by Crippen LogP contribution is 2.20. The van der Waals surface area contributed by atoms with Gasteiger partial charge in [0.25, 0.3) is 0 Å². The Bertz CT molecular complexity index is 475. The summed E-state index contributed by atoms with van der Waals surface area (Å²) in [6, 6.07) is 5.29. The van der Waals surface area contributed by atoms with Gasteiger partial charge in [-0.05, 0) is 6.07 Å². The number of rotatable bonds is 4. The molecule has 1 aliphatic heterocycles. The zero-order chi connectivity index (χ0) is 13.1. The summed E-state index contributed by atoms with van der Waals surface area (Å²) in [7, 11) is 1.52. The van der Waals surface area contributed by atoms with Crippen LogP contribution in [0.1, 0.15) is 12.1 Å². The summed E-state index contributed by atoms with van der Waals surface area (Å²) >= 11 is 0. The van der Waals surface area contributed by atoms with E-state index in [1.165, 1.54) is 12.0 Å². The topological polar surface area (TPSA) is 79.7 Å². The molecule has 1 saturated heterocycles. The summed E-state index contributed by atoms with van der Waals surface area (Å²) in [5.74, 6) is -1.20. The summed E-state index contributed by atoms with van der Waals surface area (Å²) in [6.07, 6.45) is 0.0688. The monoisotopic (exact) mass is 250 g/mol. The van der Waals surface area contributed by atoms with Crippen LogP contribution in [-0.4, -0.2) is 40.5 Å². The van der Waals surface area contributed by atoms with E-state index in [4.69, 9.17) is 9.84 Å². The van der Waals surface area contributed by atoms with Crippen LogP contribution in [0.15, 0.2) is 18.2 Å². The molecule has 2 rings (SSSR count). The smallest absolute Gasteiger partial charge is 0.308 e. The number of hydrogen-bond donors (Lipinski definition) is 1. The molecule has 1 aromatic rings. The Balaban J connectivity index is 2.05. The lowest BCUT2D eigenvalue weighted by atomic mass is 10.1. The molecule has 6 nitrogen and oxygen atoms in total. The third kappa shape index (κ3) is 2.58. The molecule has 0 radical (unpaired) electrons. The lowest BCUT2D eigenvalue weighted by molar-refractivity contribution is -0.141. The van der Waals surface area contributed by atoms with Crippen molar-refractivity contribution in [2.75, 3.05) is 13.7 Å². The van der Waals surface area contributed by atoms with Crippen molar-refractivity contribution in [2.45, 2.75) is 13.0 Å². The number of carboxylic acid groups (broad SMARTS) is 1. The SMILES string of the molecule is COc1cccc(CN2CC(C(=O)O)CC2=O)n1. The van der Waals surface area contributed by atoms with Gasteiger partial charge in [-0.25, -0.2) is 4.98 Å². The van der Waals surface area contributed by atoms with Gasteiger partial charge in [0, 0.05) is 19.0 Å². The number of hydrogen-bond acceptors (Lipinski definition) is 4. The molecule has 1 N–H and O–H groups in total. The second-order valence-corrected chi connectivity index (χ2v) is 4.18. The highest BCUT2D eigenvalue weighted by molar-refractivity contribution is 5.86. The van der Waals surface area contributed by atoms with Gasteiger partial charge in [-0.15, -0.1) is 0 Å². The first-order valence-electron chi connectivity index (χ1n) is 5.60. The molecule has 6 heteroatoms. The summed E-state index contributed by atoms with van der Waals surface area (Å²) in [5, 5.41) is 8.88. The molecule has 0 bridgehead atoms. The van der Waals surface area contributed by atoms with Crippen molar-refractivity contribution in [2.24, 2.45) is 5.92 Å². The maximum absolute atomic E-state index is 11.7. The van der Waals surface area contributed by atoms with Crippen LogP contribution in [0.5, 0.6) is 5.88 Å². The van der Waals surface area contributed by atoms with E-state index in [0.29, 0.717) is 18.1 Å².